The average Bonchev–Trinajstić information content (AvgIpc) is 2.90. The molecule has 0 amide bonds. The molecular formula is C16H15BrN2S2. The van der Waals surface area contributed by atoms with Gasteiger partial charge in [0.2, 0.25) is 0 Å². The minimum atomic E-state index is 0.267. The van der Waals surface area contributed by atoms with Crippen LogP contribution in [0.2, 0.25) is 0 Å². The van der Waals surface area contributed by atoms with Crippen LogP contribution in [0.25, 0.3) is 10.2 Å². The molecule has 1 N–H and O–H groups in total. The van der Waals surface area contributed by atoms with Crippen molar-refractivity contribution in [3.8, 4) is 0 Å². The first-order valence-electron chi connectivity index (χ1n) is 6.62. The lowest BCUT2D eigenvalue weighted by Crippen LogP contribution is -2.06. The summed E-state index contributed by atoms with van der Waals surface area (Å²) in [5.41, 5.74) is 3.48. The Hall–Kier alpha value is -1.04. The number of hydrogen-bond acceptors (Lipinski definition) is 4. The SMILES string of the molecule is CSc1nc2ccc(NC(C)c3ccc(Br)cc3)cc2s1. The van der Waals surface area contributed by atoms with Crippen molar-refractivity contribution in [1.29, 1.82) is 0 Å². The molecule has 0 aliphatic carbocycles. The zero-order chi connectivity index (χ0) is 14.8. The van der Waals surface area contributed by atoms with Crippen molar-refractivity contribution in [1.82, 2.24) is 4.98 Å². The molecule has 2 aromatic carbocycles. The molecule has 0 saturated carbocycles. The first-order chi connectivity index (χ1) is 10.2. The smallest absolute Gasteiger partial charge is 0.150 e. The summed E-state index contributed by atoms with van der Waals surface area (Å²) in [6.07, 6.45) is 2.06. The van der Waals surface area contributed by atoms with Crippen LogP contribution < -0.4 is 5.32 Å². The van der Waals surface area contributed by atoms with Gasteiger partial charge in [-0.25, -0.2) is 4.98 Å². The highest BCUT2D eigenvalue weighted by Gasteiger charge is 2.07. The van der Waals surface area contributed by atoms with Crippen LogP contribution in [0.3, 0.4) is 0 Å². The highest BCUT2D eigenvalue weighted by molar-refractivity contribution is 9.10. The summed E-state index contributed by atoms with van der Waals surface area (Å²) in [6, 6.07) is 15.1. The summed E-state index contributed by atoms with van der Waals surface area (Å²) < 4.78 is 3.45. The monoisotopic (exact) mass is 378 g/mol. The van der Waals surface area contributed by atoms with Crippen LogP contribution >= 0.6 is 39.0 Å². The standard InChI is InChI=1S/C16H15BrN2S2/c1-10(11-3-5-12(17)6-4-11)18-13-7-8-14-15(9-13)21-16(19-14)20-2/h3-10,18H,1-2H3. The number of thiazole rings is 1. The molecule has 0 radical (unpaired) electrons. The van der Waals surface area contributed by atoms with E-state index in [0.29, 0.717) is 0 Å². The average molecular weight is 379 g/mol. The Kier molecular flexibility index (Phi) is 4.52. The molecular weight excluding hydrogens is 364 g/mol. The first-order valence-corrected chi connectivity index (χ1v) is 9.46. The lowest BCUT2D eigenvalue weighted by Gasteiger charge is -2.15. The van der Waals surface area contributed by atoms with E-state index < -0.39 is 0 Å². The van der Waals surface area contributed by atoms with E-state index in [-0.39, 0.29) is 6.04 Å². The normalized spacial score (nSPS) is 12.5. The van der Waals surface area contributed by atoms with Crippen molar-refractivity contribution < 1.29 is 0 Å². The predicted molar refractivity (Wildman–Crippen MR) is 97.6 cm³/mol. The third-order valence-electron chi connectivity index (χ3n) is 3.30. The Morgan fingerprint density at radius 2 is 1.95 bits per heavy atom. The molecule has 3 aromatic rings. The van der Waals surface area contributed by atoms with Crippen LogP contribution in [0.15, 0.2) is 51.3 Å². The minimum Gasteiger partial charge on any atom is -0.378 e. The van der Waals surface area contributed by atoms with Gasteiger partial charge >= 0.3 is 0 Å². The molecule has 2 nitrogen and oxygen atoms in total. The van der Waals surface area contributed by atoms with Crippen molar-refractivity contribution in [3.63, 3.8) is 0 Å². The van der Waals surface area contributed by atoms with Crippen LogP contribution in [0.5, 0.6) is 0 Å². The van der Waals surface area contributed by atoms with Crippen LogP contribution in [0.4, 0.5) is 5.69 Å². The summed E-state index contributed by atoms with van der Waals surface area (Å²) in [5, 5.41) is 3.55. The molecule has 5 heteroatoms. The van der Waals surface area contributed by atoms with Gasteiger partial charge in [0, 0.05) is 16.2 Å². The molecule has 0 aliphatic rings. The second-order valence-electron chi connectivity index (χ2n) is 4.78. The molecule has 1 aromatic heterocycles. The van der Waals surface area contributed by atoms with Crippen molar-refractivity contribution in [2.45, 2.75) is 17.3 Å². The van der Waals surface area contributed by atoms with Crippen molar-refractivity contribution in [3.05, 3.63) is 52.5 Å². The Morgan fingerprint density at radius 1 is 1.19 bits per heavy atom. The molecule has 1 atom stereocenters. The Labute approximate surface area is 141 Å². The van der Waals surface area contributed by atoms with Gasteiger partial charge in [-0.3, -0.25) is 0 Å². The van der Waals surface area contributed by atoms with Crippen molar-refractivity contribution in [2.24, 2.45) is 0 Å². The quantitative estimate of drug-likeness (QED) is 0.567. The predicted octanol–water partition coefficient (Wildman–Crippen LogP) is 5.95. The van der Waals surface area contributed by atoms with Gasteiger partial charge < -0.3 is 5.32 Å². The van der Waals surface area contributed by atoms with E-state index in [1.807, 2.05) is 0 Å². The maximum absolute atomic E-state index is 4.57. The third kappa shape index (κ3) is 3.42. The van der Waals surface area contributed by atoms with E-state index in [2.05, 4.69) is 81.9 Å². The lowest BCUT2D eigenvalue weighted by atomic mass is 10.1. The second-order valence-corrected chi connectivity index (χ2v) is 7.78. The summed E-state index contributed by atoms with van der Waals surface area (Å²) in [7, 11) is 0. The van der Waals surface area contributed by atoms with Crippen LogP contribution in [-0.2, 0) is 0 Å². The number of rotatable bonds is 4. The largest absolute Gasteiger partial charge is 0.378 e. The van der Waals surface area contributed by atoms with Crippen LogP contribution in [0.1, 0.15) is 18.5 Å². The number of hydrogen-bond donors (Lipinski definition) is 1. The van der Waals surface area contributed by atoms with Crippen LogP contribution in [0, 0.1) is 0 Å². The zero-order valence-electron chi connectivity index (χ0n) is 11.8. The number of thioether (sulfide) groups is 1. The highest BCUT2D eigenvalue weighted by atomic mass is 79.9. The van der Waals surface area contributed by atoms with Crippen molar-refractivity contribution in [2.75, 3.05) is 11.6 Å². The number of halogens is 1. The minimum absolute atomic E-state index is 0.267. The number of benzene rings is 2. The van der Waals surface area contributed by atoms with Gasteiger partial charge in [-0.15, -0.1) is 11.3 Å². The molecule has 0 saturated heterocycles. The zero-order valence-corrected chi connectivity index (χ0v) is 15.0. The Balaban J connectivity index is 1.82. The fourth-order valence-electron chi connectivity index (χ4n) is 2.17. The molecule has 21 heavy (non-hydrogen) atoms. The fourth-order valence-corrected chi connectivity index (χ4v) is 3.96. The first kappa shape index (κ1) is 14.9. The highest BCUT2D eigenvalue weighted by Crippen LogP contribution is 2.31. The third-order valence-corrected chi connectivity index (χ3v) is 5.83. The summed E-state index contributed by atoms with van der Waals surface area (Å²) in [4.78, 5) is 4.57. The maximum atomic E-state index is 4.57. The maximum Gasteiger partial charge on any atom is 0.150 e. The number of nitrogens with zero attached hydrogens (tertiary/aromatic N) is 1. The van der Waals surface area contributed by atoms with Gasteiger partial charge in [-0.2, -0.15) is 0 Å². The summed E-state index contributed by atoms with van der Waals surface area (Å²) in [6.45, 7) is 2.17. The number of nitrogens with one attached hydrogen (secondary N) is 1. The van der Waals surface area contributed by atoms with Crippen molar-refractivity contribution >= 4 is 54.9 Å². The fraction of sp³-hybridized carbons (Fsp3) is 0.188. The number of fused-ring (bicyclic) bond motifs is 1. The van der Waals surface area contributed by atoms with E-state index in [4.69, 9.17) is 0 Å². The molecule has 0 fully saturated rings. The van der Waals surface area contributed by atoms with E-state index in [9.17, 15) is 0 Å². The van der Waals surface area contributed by atoms with Gasteiger partial charge in [-0.1, -0.05) is 39.8 Å². The topological polar surface area (TPSA) is 24.9 Å². The van der Waals surface area contributed by atoms with Gasteiger partial charge in [0.25, 0.3) is 0 Å². The molecule has 0 spiro atoms. The molecule has 1 unspecified atom stereocenters. The number of aromatic nitrogens is 1. The molecule has 1 heterocycles. The lowest BCUT2D eigenvalue weighted by molar-refractivity contribution is 0.885. The van der Waals surface area contributed by atoms with Gasteiger partial charge in [0.1, 0.15) is 0 Å². The van der Waals surface area contributed by atoms with Gasteiger partial charge in [0.05, 0.1) is 10.2 Å². The van der Waals surface area contributed by atoms with E-state index in [1.165, 1.54) is 10.3 Å². The molecule has 3 rings (SSSR count). The molecule has 0 bridgehead atoms. The number of anilines is 1. The Morgan fingerprint density at radius 3 is 2.67 bits per heavy atom. The van der Waals surface area contributed by atoms with Gasteiger partial charge in [-0.05, 0) is 49.1 Å². The van der Waals surface area contributed by atoms with E-state index >= 15 is 0 Å². The van der Waals surface area contributed by atoms with E-state index in [0.717, 1.165) is 20.0 Å². The summed E-state index contributed by atoms with van der Waals surface area (Å²) >= 11 is 6.91. The Bertz CT molecular complexity index is 753. The second kappa shape index (κ2) is 6.38. The van der Waals surface area contributed by atoms with Crippen LogP contribution in [-0.4, -0.2) is 11.2 Å². The van der Waals surface area contributed by atoms with E-state index in [1.54, 1.807) is 23.1 Å². The summed E-state index contributed by atoms with van der Waals surface area (Å²) in [5.74, 6) is 0. The molecule has 0 aliphatic heterocycles. The molecule has 108 valence electrons. The van der Waals surface area contributed by atoms with Gasteiger partial charge in [0.15, 0.2) is 4.34 Å².